The van der Waals surface area contributed by atoms with Gasteiger partial charge in [0.2, 0.25) is 0 Å². The first-order valence-electron chi connectivity index (χ1n) is 21.4. The zero-order chi connectivity index (χ0) is 41.3. The van der Waals surface area contributed by atoms with Crippen LogP contribution in [0.25, 0.3) is 33.2 Å². The summed E-state index contributed by atoms with van der Waals surface area (Å²) in [6.07, 6.45) is 3.94. The lowest BCUT2D eigenvalue weighted by molar-refractivity contribution is 0.415. The zero-order valence-electron chi connectivity index (χ0n) is 35.7. The van der Waals surface area contributed by atoms with Gasteiger partial charge < -0.3 is 14.5 Å². The van der Waals surface area contributed by atoms with Crippen LogP contribution in [0.3, 0.4) is 0 Å². The highest BCUT2D eigenvalue weighted by molar-refractivity contribution is 5.97. The first-order chi connectivity index (χ1) is 29.1. The predicted molar refractivity (Wildman–Crippen MR) is 252 cm³/mol. The van der Waals surface area contributed by atoms with Gasteiger partial charge in [-0.1, -0.05) is 114 Å². The van der Waals surface area contributed by atoms with E-state index in [1.54, 1.807) is 7.11 Å². The smallest absolute Gasteiger partial charge is 0.119 e. The van der Waals surface area contributed by atoms with Gasteiger partial charge in [0.25, 0.3) is 0 Å². The van der Waals surface area contributed by atoms with Gasteiger partial charge in [-0.2, -0.15) is 0 Å². The third-order valence-electron chi connectivity index (χ3n) is 13.3. The number of ether oxygens (including phenoxy) is 1. The predicted octanol–water partition coefficient (Wildman–Crippen LogP) is 14.9. The maximum absolute atomic E-state index is 5.63. The van der Waals surface area contributed by atoms with Crippen molar-refractivity contribution in [2.24, 2.45) is 0 Å². The molecule has 1 aromatic heterocycles. The first kappa shape index (κ1) is 37.6. The van der Waals surface area contributed by atoms with Gasteiger partial charge in [0.15, 0.2) is 0 Å². The molecule has 60 heavy (non-hydrogen) atoms. The van der Waals surface area contributed by atoms with Crippen molar-refractivity contribution in [1.29, 1.82) is 0 Å². The second-order valence-electron chi connectivity index (χ2n) is 17.4. The van der Waals surface area contributed by atoms with Crippen LogP contribution in [0.5, 0.6) is 5.75 Å². The number of rotatable bonds is 9. The summed E-state index contributed by atoms with van der Waals surface area (Å²) in [5, 5.41) is 1.10. The van der Waals surface area contributed by atoms with E-state index in [0.717, 1.165) is 63.6 Å². The summed E-state index contributed by atoms with van der Waals surface area (Å²) < 4.78 is 5.63. The summed E-state index contributed by atoms with van der Waals surface area (Å²) in [5.74, 6) is 0.826. The number of pyridine rings is 1. The SMILES string of the molecule is CCc1ccc2c(c1)C(C)(C)c1cc(N(c3ccc(OC)cc3)c3cccc(N(c4ccc5c(c4)C(C)(C)c4cc(CC)ccc4-5)c4cccc5cccnc45)c3)ccc1-2. The van der Waals surface area contributed by atoms with Crippen molar-refractivity contribution in [3.63, 3.8) is 0 Å². The number of hydrogen-bond donors (Lipinski definition) is 0. The molecular formula is C56H51N3O. The van der Waals surface area contributed by atoms with Crippen LogP contribution < -0.4 is 14.5 Å². The normalized spacial score (nSPS) is 14.0. The lowest BCUT2D eigenvalue weighted by Crippen LogP contribution is -2.18. The van der Waals surface area contributed by atoms with Gasteiger partial charge in [-0.15, -0.1) is 0 Å². The molecule has 8 aromatic rings. The Morgan fingerprint density at radius 3 is 1.50 bits per heavy atom. The van der Waals surface area contributed by atoms with Gasteiger partial charge in [-0.3, -0.25) is 4.98 Å². The molecule has 296 valence electrons. The highest BCUT2D eigenvalue weighted by Crippen LogP contribution is 2.53. The highest BCUT2D eigenvalue weighted by Gasteiger charge is 2.38. The number of aryl methyl sites for hydroxylation is 2. The standard InChI is InChI=1S/C56H51N3O/c1-8-36-18-26-45-47-28-22-42(34-51(47)55(3,4)49(45)31-36)58(39-20-24-44(60-7)25-21-39)40-15-11-16-41(33-40)59(53-17-10-13-38-14-12-30-57-54(38)53)43-23-29-48-46-27-19-37(9-2)32-50(46)56(5,6)52(48)35-43/h10-35H,8-9H2,1-7H3. The maximum Gasteiger partial charge on any atom is 0.119 e. The molecule has 0 amide bonds. The third-order valence-corrected chi connectivity index (χ3v) is 13.3. The number of benzene rings is 7. The summed E-state index contributed by atoms with van der Waals surface area (Å²) in [7, 11) is 1.72. The Bertz CT molecular complexity index is 2950. The molecule has 0 atom stereocenters. The lowest BCUT2D eigenvalue weighted by atomic mass is 9.81. The van der Waals surface area contributed by atoms with Crippen LogP contribution in [0, 0.1) is 0 Å². The van der Waals surface area contributed by atoms with E-state index in [9.17, 15) is 0 Å². The fourth-order valence-corrected chi connectivity index (χ4v) is 9.91. The summed E-state index contributed by atoms with van der Waals surface area (Å²) in [5.41, 5.74) is 20.6. The Hall–Kier alpha value is -6.65. The van der Waals surface area contributed by atoms with E-state index in [1.807, 2.05) is 24.4 Å². The van der Waals surface area contributed by atoms with Crippen molar-refractivity contribution < 1.29 is 4.74 Å². The quantitative estimate of drug-likeness (QED) is 0.146. The van der Waals surface area contributed by atoms with Crippen molar-refractivity contribution in [1.82, 2.24) is 4.98 Å². The zero-order valence-corrected chi connectivity index (χ0v) is 35.7. The highest BCUT2D eigenvalue weighted by atomic mass is 16.5. The van der Waals surface area contributed by atoms with Crippen LogP contribution in [0.4, 0.5) is 34.1 Å². The van der Waals surface area contributed by atoms with E-state index in [0.29, 0.717) is 0 Å². The van der Waals surface area contributed by atoms with Crippen LogP contribution in [0.15, 0.2) is 158 Å². The molecule has 1 heterocycles. The van der Waals surface area contributed by atoms with Gasteiger partial charge in [-0.05, 0) is 147 Å². The fraction of sp³-hybridized carbons (Fsp3) is 0.196. The van der Waals surface area contributed by atoms with Crippen LogP contribution >= 0.6 is 0 Å². The second-order valence-corrected chi connectivity index (χ2v) is 17.4. The van der Waals surface area contributed by atoms with E-state index < -0.39 is 0 Å². The molecule has 0 unspecified atom stereocenters. The molecule has 0 bridgehead atoms. The van der Waals surface area contributed by atoms with Gasteiger partial charge in [-0.25, -0.2) is 0 Å². The van der Waals surface area contributed by atoms with E-state index in [4.69, 9.17) is 9.72 Å². The second kappa shape index (κ2) is 14.3. The molecule has 7 aromatic carbocycles. The fourth-order valence-electron chi connectivity index (χ4n) is 9.91. The number of para-hydroxylation sites is 1. The minimum Gasteiger partial charge on any atom is -0.497 e. The number of nitrogens with zero attached hydrogens (tertiary/aromatic N) is 3. The Labute approximate surface area is 354 Å². The third kappa shape index (κ3) is 5.92. The molecule has 0 N–H and O–H groups in total. The molecule has 0 spiro atoms. The molecule has 0 saturated carbocycles. The topological polar surface area (TPSA) is 28.6 Å². The van der Waals surface area contributed by atoms with Crippen LogP contribution in [-0.2, 0) is 23.7 Å². The Morgan fingerprint density at radius 2 is 0.933 bits per heavy atom. The molecule has 2 aliphatic rings. The van der Waals surface area contributed by atoms with Gasteiger partial charge >= 0.3 is 0 Å². The van der Waals surface area contributed by atoms with E-state index >= 15 is 0 Å². The molecule has 10 rings (SSSR count). The monoisotopic (exact) mass is 781 g/mol. The van der Waals surface area contributed by atoms with Crippen molar-refractivity contribution in [2.75, 3.05) is 16.9 Å². The Balaban J connectivity index is 1.15. The number of anilines is 6. The van der Waals surface area contributed by atoms with E-state index in [2.05, 4.69) is 185 Å². The number of aromatic nitrogens is 1. The number of methoxy groups -OCH3 is 1. The van der Waals surface area contributed by atoms with Gasteiger partial charge in [0.1, 0.15) is 5.75 Å². The van der Waals surface area contributed by atoms with Crippen molar-refractivity contribution in [3.8, 4) is 28.0 Å². The molecular weight excluding hydrogens is 731 g/mol. The molecule has 0 saturated heterocycles. The van der Waals surface area contributed by atoms with Crippen molar-refractivity contribution in [3.05, 3.63) is 191 Å². The maximum atomic E-state index is 5.63. The average Bonchev–Trinajstić information content (AvgIpc) is 3.65. The van der Waals surface area contributed by atoms with Gasteiger partial charge in [0.05, 0.1) is 18.3 Å². The summed E-state index contributed by atoms with van der Waals surface area (Å²) in [4.78, 5) is 9.77. The molecule has 0 aliphatic heterocycles. The Morgan fingerprint density at radius 1 is 0.467 bits per heavy atom. The first-order valence-corrected chi connectivity index (χ1v) is 21.4. The minimum absolute atomic E-state index is 0.142. The molecule has 0 fully saturated rings. The summed E-state index contributed by atoms with van der Waals surface area (Å²) in [6, 6.07) is 56.1. The number of hydrogen-bond acceptors (Lipinski definition) is 4. The number of fused-ring (bicyclic) bond motifs is 7. The molecule has 4 nitrogen and oxygen atoms in total. The minimum atomic E-state index is -0.152. The average molecular weight is 782 g/mol. The molecule has 4 heteroatoms. The van der Waals surface area contributed by atoms with Gasteiger partial charge in [0, 0.05) is 50.8 Å². The largest absolute Gasteiger partial charge is 0.497 e. The summed E-state index contributed by atoms with van der Waals surface area (Å²) in [6.45, 7) is 14.0. The lowest BCUT2D eigenvalue weighted by Gasteiger charge is -2.31. The molecule has 0 radical (unpaired) electrons. The van der Waals surface area contributed by atoms with E-state index in [1.165, 1.54) is 55.6 Å². The van der Waals surface area contributed by atoms with Crippen molar-refractivity contribution in [2.45, 2.75) is 65.2 Å². The Kier molecular flexibility index (Phi) is 8.95. The van der Waals surface area contributed by atoms with Crippen LogP contribution in [-0.4, -0.2) is 12.1 Å². The molecule has 2 aliphatic carbocycles. The van der Waals surface area contributed by atoms with Crippen LogP contribution in [0.1, 0.15) is 74.9 Å². The summed E-state index contributed by atoms with van der Waals surface area (Å²) >= 11 is 0. The van der Waals surface area contributed by atoms with Crippen molar-refractivity contribution >= 4 is 45.0 Å². The van der Waals surface area contributed by atoms with Crippen LogP contribution in [0.2, 0.25) is 0 Å². The van der Waals surface area contributed by atoms with E-state index in [-0.39, 0.29) is 10.8 Å².